The van der Waals surface area contributed by atoms with E-state index in [0.29, 0.717) is 16.7 Å². The smallest absolute Gasteiger partial charge is 0.316 e. The molecular weight excluding hydrogens is 375 g/mol. The summed E-state index contributed by atoms with van der Waals surface area (Å²) in [7, 11) is 3.07. The predicted molar refractivity (Wildman–Crippen MR) is 110 cm³/mol. The van der Waals surface area contributed by atoms with Gasteiger partial charge in [-0.25, -0.2) is 4.39 Å². The molecule has 1 saturated heterocycles. The zero-order valence-electron chi connectivity index (χ0n) is 16.2. The second-order valence-corrected chi connectivity index (χ2v) is 7.21. The standard InChI is InChI=1S/C21H21FN4O3/c1-24-17-11-15(23-19(27)13-7-3-4-8-14(13)22)16(26-9-5-6-10-26)12-18(17)25(2)21(29)20(24)28/h3-4,7-8,11-12H,5-6,9-10H2,1-2H3,(H,23,27). The van der Waals surface area contributed by atoms with E-state index in [2.05, 4.69) is 10.2 Å². The number of anilines is 2. The lowest BCUT2D eigenvalue weighted by molar-refractivity contribution is 0.102. The molecule has 0 atom stereocenters. The number of hydrogen-bond donors (Lipinski definition) is 1. The third-order valence-electron chi connectivity index (χ3n) is 5.42. The first kappa shape index (κ1) is 18.9. The van der Waals surface area contributed by atoms with Crippen LogP contribution in [0.5, 0.6) is 0 Å². The van der Waals surface area contributed by atoms with Crippen molar-refractivity contribution in [3.8, 4) is 0 Å². The minimum Gasteiger partial charge on any atom is -0.370 e. The predicted octanol–water partition coefficient (Wildman–Crippen LogP) is 2.23. The van der Waals surface area contributed by atoms with Gasteiger partial charge in [0, 0.05) is 27.2 Å². The monoisotopic (exact) mass is 396 g/mol. The number of carbonyl (C=O) groups is 1. The molecule has 1 N–H and O–H groups in total. The Morgan fingerprint density at radius 1 is 0.966 bits per heavy atom. The number of fused-ring (bicyclic) bond motifs is 1. The van der Waals surface area contributed by atoms with Crippen molar-refractivity contribution in [2.45, 2.75) is 12.8 Å². The second kappa shape index (κ2) is 7.20. The Kier molecular flexibility index (Phi) is 4.70. The van der Waals surface area contributed by atoms with Gasteiger partial charge in [0.05, 0.1) is 28.0 Å². The highest BCUT2D eigenvalue weighted by Crippen LogP contribution is 2.33. The molecule has 1 fully saturated rings. The van der Waals surface area contributed by atoms with E-state index in [-0.39, 0.29) is 5.56 Å². The fourth-order valence-electron chi connectivity index (χ4n) is 3.76. The van der Waals surface area contributed by atoms with Crippen LogP contribution in [0.3, 0.4) is 0 Å². The molecule has 0 bridgehead atoms. The first-order valence-corrected chi connectivity index (χ1v) is 9.43. The number of hydrogen-bond acceptors (Lipinski definition) is 4. The highest BCUT2D eigenvalue weighted by atomic mass is 19.1. The summed E-state index contributed by atoms with van der Waals surface area (Å²) in [6.07, 6.45) is 2.04. The van der Waals surface area contributed by atoms with E-state index in [9.17, 15) is 18.8 Å². The van der Waals surface area contributed by atoms with Crippen LogP contribution in [0, 0.1) is 5.82 Å². The zero-order valence-corrected chi connectivity index (χ0v) is 16.2. The fraction of sp³-hybridized carbons (Fsp3) is 0.286. The van der Waals surface area contributed by atoms with Crippen LogP contribution in [0.1, 0.15) is 23.2 Å². The van der Waals surface area contributed by atoms with Crippen LogP contribution in [0.15, 0.2) is 46.0 Å². The highest BCUT2D eigenvalue weighted by Gasteiger charge is 2.21. The Morgan fingerprint density at radius 3 is 2.17 bits per heavy atom. The lowest BCUT2D eigenvalue weighted by Gasteiger charge is -2.23. The fourth-order valence-corrected chi connectivity index (χ4v) is 3.76. The molecule has 0 radical (unpaired) electrons. The summed E-state index contributed by atoms with van der Waals surface area (Å²) in [5.41, 5.74) is 0.978. The van der Waals surface area contributed by atoms with E-state index in [1.54, 1.807) is 25.2 Å². The molecule has 150 valence electrons. The quantitative estimate of drug-likeness (QED) is 0.689. The van der Waals surface area contributed by atoms with Crippen LogP contribution in [0.25, 0.3) is 11.0 Å². The zero-order chi connectivity index (χ0) is 20.7. The van der Waals surface area contributed by atoms with Crippen LogP contribution in [-0.2, 0) is 14.1 Å². The summed E-state index contributed by atoms with van der Waals surface area (Å²) in [6, 6.07) is 9.24. The molecule has 0 unspecified atom stereocenters. The Balaban J connectivity index is 1.90. The minimum atomic E-state index is -0.652. The van der Waals surface area contributed by atoms with Gasteiger partial charge < -0.3 is 19.4 Å². The van der Waals surface area contributed by atoms with Crippen molar-refractivity contribution >= 4 is 28.3 Å². The average molecular weight is 396 g/mol. The molecule has 1 amide bonds. The number of nitrogens with one attached hydrogen (secondary N) is 1. The lowest BCUT2D eigenvalue weighted by Crippen LogP contribution is -2.39. The summed E-state index contributed by atoms with van der Waals surface area (Å²) >= 11 is 0. The van der Waals surface area contributed by atoms with Gasteiger partial charge in [0.2, 0.25) is 0 Å². The number of aryl methyl sites for hydroxylation is 2. The number of nitrogens with zero attached hydrogens (tertiary/aromatic N) is 3. The van der Waals surface area contributed by atoms with E-state index in [0.717, 1.165) is 31.6 Å². The topological polar surface area (TPSA) is 76.3 Å². The molecule has 29 heavy (non-hydrogen) atoms. The van der Waals surface area contributed by atoms with E-state index in [1.807, 2.05) is 0 Å². The first-order valence-electron chi connectivity index (χ1n) is 9.43. The van der Waals surface area contributed by atoms with Crippen molar-refractivity contribution < 1.29 is 9.18 Å². The molecule has 3 aromatic rings. The highest BCUT2D eigenvalue weighted by molar-refractivity contribution is 6.07. The van der Waals surface area contributed by atoms with Crippen LogP contribution >= 0.6 is 0 Å². The van der Waals surface area contributed by atoms with Crippen LogP contribution in [0.4, 0.5) is 15.8 Å². The largest absolute Gasteiger partial charge is 0.370 e. The molecule has 0 aliphatic carbocycles. The van der Waals surface area contributed by atoms with Crippen molar-refractivity contribution in [2.24, 2.45) is 14.1 Å². The van der Waals surface area contributed by atoms with Crippen molar-refractivity contribution in [1.82, 2.24) is 9.13 Å². The molecule has 1 aliphatic heterocycles. The number of carbonyl (C=O) groups excluding carboxylic acids is 1. The normalized spacial score (nSPS) is 13.8. The van der Waals surface area contributed by atoms with E-state index in [1.165, 1.54) is 34.4 Å². The number of rotatable bonds is 3. The van der Waals surface area contributed by atoms with Gasteiger partial charge in [-0.05, 0) is 37.1 Å². The van der Waals surface area contributed by atoms with Crippen molar-refractivity contribution in [1.29, 1.82) is 0 Å². The van der Waals surface area contributed by atoms with Crippen LogP contribution < -0.4 is 21.3 Å². The maximum atomic E-state index is 14.1. The second-order valence-electron chi connectivity index (χ2n) is 7.21. The van der Waals surface area contributed by atoms with Crippen molar-refractivity contribution in [2.75, 3.05) is 23.3 Å². The molecular formula is C21H21FN4O3. The maximum Gasteiger partial charge on any atom is 0.316 e. The molecule has 1 aromatic heterocycles. The van der Waals surface area contributed by atoms with Gasteiger partial charge in [0.15, 0.2) is 0 Å². The third-order valence-corrected chi connectivity index (χ3v) is 5.42. The third kappa shape index (κ3) is 3.20. The van der Waals surface area contributed by atoms with Gasteiger partial charge in [0.1, 0.15) is 5.82 Å². The Bertz CT molecular complexity index is 1240. The molecule has 7 nitrogen and oxygen atoms in total. The van der Waals surface area contributed by atoms with Crippen molar-refractivity contribution in [3.63, 3.8) is 0 Å². The Morgan fingerprint density at radius 2 is 1.55 bits per heavy atom. The maximum absolute atomic E-state index is 14.1. The summed E-state index contributed by atoms with van der Waals surface area (Å²) < 4.78 is 16.6. The Hall–Kier alpha value is -3.42. The van der Waals surface area contributed by atoms with Crippen LogP contribution in [-0.4, -0.2) is 28.1 Å². The average Bonchev–Trinajstić information content (AvgIpc) is 3.25. The van der Waals surface area contributed by atoms with E-state index >= 15 is 0 Å². The summed E-state index contributed by atoms with van der Waals surface area (Å²) in [6.45, 7) is 1.63. The summed E-state index contributed by atoms with van der Waals surface area (Å²) in [4.78, 5) is 39.3. The molecule has 2 heterocycles. The van der Waals surface area contributed by atoms with E-state index < -0.39 is 22.8 Å². The van der Waals surface area contributed by atoms with Gasteiger partial charge >= 0.3 is 11.1 Å². The van der Waals surface area contributed by atoms with E-state index in [4.69, 9.17) is 0 Å². The van der Waals surface area contributed by atoms with Gasteiger partial charge in [-0.3, -0.25) is 14.4 Å². The summed E-state index contributed by atoms with van der Waals surface area (Å²) in [5.74, 6) is -1.18. The molecule has 1 aliphatic rings. The van der Waals surface area contributed by atoms with Gasteiger partial charge in [-0.15, -0.1) is 0 Å². The van der Waals surface area contributed by atoms with Crippen LogP contribution in [0.2, 0.25) is 0 Å². The molecule has 0 saturated carbocycles. The Labute approximate surface area is 166 Å². The molecule has 2 aromatic carbocycles. The number of amides is 1. The van der Waals surface area contributed by atoms with Gasteiger partial charge in [0.25, 0.3) is 5.91 Å². The first-order chi connectivity index (χ1) is 13.9. The number of benzene rings is 2. The molecule has 4 rings (SSSR count). The van der Waals surface area contributed by atoms with Crippen molar-refractivity contribution in [3.05, 3.63) is 68.5 Å². The molecule has 0 spiro atoms. The van der Waals surface area contributed by atoms with Gasteiger partial charge in [-0.2, -0.15) is 0 Å². The number of halogens is 1. The van der Waals surface area contributed by atoms with Gasteiger partial charge in [-0.1, -0.05) is 12.1 Å². The molecule has 8 heteroatoms. The lowest BCUT2D eigenvalue weighted by atomic mass is 10.1. The summed E-state index contributed by atoms with van der Waals surface area (Å²) in [5, 5.41) is 2.79. The number of aromatic nitrogens is 2. The minimum absolute atomic E-state index is 0.0608. The SMILES string of the molecule is Cn1c(=O)c(=O)n(C)c2cc(N3CCCC3)c(NC(=O)c3ccccc3F)cc21.